The van der Waals surface area contributed by atoms with Gasteiger partial charge in [-0.15, -0.1) is 11.3 Å². The van der Waals surface area contributed by atoms with Crippen molar-refractivity contribution in [3.63, 3.8) is 0 Å². The van der Waals surface area contributed by atoms with E-state index in [1.165, 1.54) is 11.1 Å². The SMILES string of the molecule is Cc1ccc(/C=C(/Oc2cccc(C)c2)c2nc3ccccc3s2)cc1. The van der Waals surface area contributed by atoms with Crippen molar-refractivity contribution in [3.8, 4) is 5.75 Å². The molecule has 0 atom stereocenters. The molecule has 4 aromatic rings. The third-order valence-corrected chi connectivity index (χ3v) is 5.15. The van der Waals surface area contributed by atoms with Crippen LogP contribution in [0, 0.1) is 13.8 Å². The summed E-state index contributed by atoms with van der Waals surface area (Å²) in [6.07, 6.45) is 2.06. The van der Waals surface area contributed by atoms with Gasteiger partial charge in [0.25, 0.3) is 0 Å². The molecule has 3 heteroatoms. The van der Waals surface area contributed by atoms with Gasteiger partial charge in [-0.1, -0.05) is 54.1 Å². The smallest absolute Gasteiger partial charge is 0.163 e. The van der Waals surface area contributed by atoms with Crippen LogP contribution >= 0.6 is 11.3 Å². The lowest BCUT2D eigenvalue weighted by Crippen LogP contribution is -1.95. The molecule has 0 saturated heterocycles. The number of hydrogen-bond donors (Lipinski definition) is 0. The maximum atomic E-state index is 6.25. The lowest BCUT2D eigenvalue weighted by molar-refractivity contribution is 0.517. The van der Waals surface area contributed by atoms with E-state index in [0.29, 0.717) is 0 Å². The van der Waals surface area contributed by atoms with Crippen molar-refractivity contribution >= 4 is 33.4 Å². The van der Waals surface area contributed by atoms with Crippen molar-refractivity contribution in [1.82, 2.24) is 4.98 Å². The normalized spacial score (nSPS) is 11.7. The highest BCUT2D eigenvalue weighted by atomic mass is 32.1. The molecule has 4 rings (SSSR count). The molecule has 3 aromatic carbocycles. The molecule has 0 bridgehead atoms. The van der Waals surface area contributed by atoms with E-state index in [1.807, 2.05) is 36.4 Å². The van der Waals surface area contributed by atoms with Crippen molar-refractivity contribution in [2.75, 3.05) is 0 Å². The van der Waals surface area contributed by atoms with E-state index in [1.54, 1.807) is 11.3 Å². The molecule has 0 fully saturated rings. The van der Waals surface area contributed by atoms with Crippen molar-refractivity contribution < 1.29 is 4.74 Å². The fraction of sp³-hybridized carbons (Fsp3) is 0.0870. The number of ether oxygens (including phenoxy) is 1. The Hall–Kier alpha value is -2.91. The molecule has 2 nitrogen and oxygen atoms in total. The van der Waals surface area contributed by atoms with Crippen LogP contribution < -0.4 is 4.74 Å². The quantitative estimate of drug-likeness (QED) is 0.389. The molecule has 1 heterocycles. The van der Waals surface area contributed by atoms with E-state index in [-0.39, 0.29) is 0 Å². The number of hydrogen-bond acceptors (Lipinski definition) is 3. The van der Waals surface area contributed by atoms with Crippen molar-refractivity contribution in [1.29, 1.82) is 0 Å². The van der Waals surface area contributed by atoms with E-state index >= 15 is 0 Å². The van der Waals surface area contributed by atoms with Crippen molar-refractivity contribution in [2.24, 2.45) is 0 Å². The lowest BCUT2D eigenvalue weighted by atomic mass is 10.1. The van der Waals surface area contributed by atoms with Gasteiger partial charge in [0.1, 0.15) is 5.75 Å². The molecule has 0 unspecified atom stereocenters. The summed E-state index contributed by atoms with van der Waals surface area (Å²) in [6.45, 7) is 4.15. The number of aryl methyl sites for hydroxylation is 2. The molecule has 0 spiro atoms. The number of fused-ring (bicyclic) bond motifs is 1. The van der Waals surface area contributed by atoms with E-state index in [0.717, 1.165) is 32.3 Å². The lowest BCUT2D eigenvalue weighted by Gasteiger charge is -2.09. The Morgan fingerprint density at radius 2 is 1.69 bits per heavy atom. The number of para-hydroxylation sites is 1. The molecule has 26 heavy (non-hydrogen) atoms. The standard InChI is InChI=1S/C23H19NOS/c1-16-10-12-18(13-11-16)15-21(25-19-7-5-6-17(2)14-19)23-24-20-8-3-4-9-22(20)26-23/h3-15H,1-2H3/b21-15+. The zero-order valence-electron chi connectivity index (χ0n) is 14.8. The molecular weight excluding hydrogens is 338 g/mol. The molecule has 0 aliphatic carbocycles. The summed E-state index contributed by atoms with van der Waals surface area (Å²) >= 11 is 1.65. The highest BCUT2D eigenvalue weighted by molar-refractivity contribution is 7.19. The Morgan fingerprint density at radius 3 is 2.46 bits per heavy atom. The highest BCUT2D eigenvalue weighted by Gasteiger charge is 2.12. The van der Waals surface area contributed by atoms with Gasteiger partial charge in [-0.3, -0.25) is 0 Å². The van der Waals surface area contributed by atoms with E-state index in [2.05, 4.69) is 56.3 Å². The average Bonchev–Trinajstić information content (AvgIpc) is 3.07. The maximum Gasteiger partial charge on any atom is 0.163 e. The molecule has 0 aliphatic heterocycles. The molecule has 0 aliphatic rings. The summed E-state index contributed by atoms with van der Waals surface area (Å²) in [7, 11) is 0. The zero-order valence-corrected chi connectivity index (χ0v) is 15.6. The Labute approximate surface area is 157 Å². The summed E-state index contributed by atoms with van der Waals surface area (Å²) in [5.74, 6) is 1.59. The second-order valence-electron chi connectivity index (χ2n) is 6.32. The van der Waals surface area contributed by atoms with Gasteiger partial charge in [0.15, 0.2) is 10.8 Å². The zero-order chi connectivity index (χ0) is 17.9. The predicted molar refractivity (Wildman–Crippen MR) is 110 cm³/mol. The summed E-state index contributed by atoms with van der Waals surface area (Å²) in [6, 6.07) is 24.7. The van der Waals surface area contributed by atoms with Gasteiger partial charge in [-0.25, -0.2) is 4.98 Å². The van der Waals surface area contributed by atoms with E-state index in [9.17, 15) is 0 Å². The van der Waals surface area contributed by atoms with Crippen LogP contribution in [0.1, 0.15) is 21.7 Å². The summed E-state index contributed by atoms with van der Waals surface area (Å²) in [5.41, 5.74) is 4.50. The van der Waals surface area contributed by atoms with Gasteiger partial charge < -0.3 is 4.74 Å². The van der Waals surface area contributed by atoms with Gasteiger partial charge in [0.2, 0.25) is 0 Å². The minimum Gasteiger partial charge on any atom is -0.454 e. The monoisotopic (exact) mass is 357 g/mol. The predicted octanol–water partition coefficient (Wildman–Crippen LogP) is 6.49. The maximum absolute atomic E-state index is 6.25. The molecular formula is C23H19NOS. The first-order valence-electron chi connectivity index (χ1n) is 8.56. The van der Waals surface area contributed by atoms with Gasteiger partial charge in [0.05, 0.1) is 10.2 Å². The van der Waals surface area contributed by atoms with Crippen LogP contribution in [0.25, 0.3) is 22.1 Å². The van der Waals surface area contributed by atoms with Crippen LogP contribution in [-0.4, -0.2) is 4.98 Å². The first kappa shape index (κ1) is 16.6. The summed E-state index contributed by atoms with van der Waals surface area (Å²) in [5, 5.41) is 0.883. The fourth-order valence-corrected chi connectivity index (χ4v) is 3.65. The Morgan fingerprint density at radius 1 is 0.885 bits per heavy atom. The summed E-state index contributed by atoms with van der Waals surface area (Å²) < 4.78 is 7.41. The first-order valence-corrected chi connectivity index (χ1v) is 9.38. The number of thiazole rings is 1. The Balaban J connectivity index is 1.78. The van der Waals surface area contributed by atoms with Gasteiger partial charge >= 0.3 is 0 Å². The third kappa shape index (κ3) is 3.68. The third-order valence-electron chi connectivity index (χ3n) is 4.10. The van der Waals surface area contributed by atoms with Crippen LogP contribution in [0.3, 0.4) is 0 Å². The van der Waals surface area contributed by atoms with Gasteiger partial charge in [0, 0.05) is 0 Å². The molecule has 0 N–H and O–H groups in total. The topological polar surface area (TPSA) is 22.1 Å². The summed E-state index contributed by atoms with van der Waals surface area (Å²) in [4.78, 5) is 4.77. The second kappa shape index (κ2) is 7.14. The van der Waals surface area contributed by atoms with E-state index in [4.69, 9.17) is 9.72 Å². The van der Waals surface area contributed by atoms with Crippen molar-refractivity contribution in [3.05, 3.63) is 94.5 Å². The minimum atomic E-state index is 0.764. The van der Waals surface area contributed by atoms with Crippen LogP contribution in [0.15, 0.2) is 72.8 Å². The number of rotatable bonds is 4. The molecule has 128 valence electrons. The first-order chi connectivity index (χ1) is 12.7. The largest absolute Gasteiger partial charge is 0.454 e. The highest BCUT2D eigenvalue weighted by Crippen LogP contribution is 2.30. The van der Waals surface area contributed by atoms with Gasteiger partial charge in [-0.05, 0) is 55.3 Å². The Bertz CT molecular complexity index is 1040. The van der Waals surface area contributed by atoms with Crippen LogP contribution in [0.5, 0.6) is 5.75 Å². The van der Waals surface area contributed by atoms with Crippen LogP contribution in [0.2, 0.25) is 0 Å². The fourth-order valence-electron chi connectivity index (χ4n) is 2.73. The van der Waals surface area contributed by atoms with Crippen LogP contribution in [-0.2, 0) is 0 Å². The second-order valence-corrected chi connectivity index (χ2v) is 7.36. The molecule has 0 saturated carbocycles. The van der Waals surface area contributed by atoms with Crippen LogP contribution in [0.4, 0.5) is 0 Å². The van der Waals surface area contributed by atoms with Gasteiger partial charge in [-0.2, -0.15) is 0 Å². The number of aromatic nitrogens is 1. The van der Waals surface area contributed by atoms with E-state index < -0.39 is 0 Å². The Kier molecular flexibility index (Phi) is 4.55. The molecule has 1 aromatic heterocycles. The molecule has 0 amide bonds. The number of benzene rings is 3. The minimum absolute atomic E-state index is 0.764. The average molecular weight is 357 g/mol. The molecule has 0 radical (unpaired) electrons. The number of nitrogens with zero attached hydrogens (tertiary/aromatic N) is 1. The van der Waals surface area contributed by atoms with Crippen molar-refractivity contribution in [2.45, 2.75) is 13.8 Å².